The van der Waals surface area contributed by atoms with Crippen molar-refractivity contribution in [2.24, 2.45) is 0 Å². The molecule has 0 fully saturated rings. The minimum Gasteiger partial charge on any atom is -0.399 e. The van der Waals surface area contributed by atoms with Gasteiger partial charge in [-0.1, -0.05) is 29.8 Å². The van der Waals surface area contributed by atoms with E-state index in [1.54, 1.807) is 12.1 Å². The summed E-state index contributed by atoms with van der Waals surface area (Å²) in [4.78, 5) is 0. The smallest absolute Gasteiger partial charge is 0.166 e. The highest BCUT2D eigenvalue weighted by Crippen LogP contribution is 2.27. The van der Waals surface area contributed by atoms with Crippen LogP contribution in [0.2, 0.25) is 0 Å². The Balaban J connectivity index is 2.59. The fraction of sp³-hybridized carbons (Fsp3) is 0.0769. The molecule has 0 spiro atoms. The zero-order chi connectivity index (χ0) is 11.7. The average molecular weight is 219 g/mol. The van der Waals surface area contributed by atoms with Gasteiger partial charge in [0.05, 0.1) is 0 Å². The van der Waals surface area contributed by atoms with E-state index in [1.165, 1.54) is 6.07 Å². The van der Waals surface area contributed by atoms with E-state index in [1.807, 2.05) is 19.1 Å². The highest BCUT2D eigenvalue weighted by Gasteiger charge is 2.11. The first-order chi connectivity index (χ1) is 7.58. The van der Waals surface area contributed by atoms with Gasteiger partial charge in [0.2, 0.25) is 0 Å². The Morgan fingerprint density at radius 2 is 1.62 bits per heavy atom. The van der Waals surface area contributed by atoms with Crippen LogP contribution in [0, 0.1) is 18.6 Å². The number of halogens is 2. The lowest BCUT2D eigenvalue weighted by Crippen LogP contribution is -1.94. The van der Waals surface area contributed by atoms with Gasteiger partial charge in [-0.15, -0.1) is 0 Å². The zero-order valence-corrected chi connectivity index (χ0v) is 8.80. The van der Waals surface area contributed by atoms with Crippen LogP contribution in [0.15, 0.2) is 36.4 Å². The molecule has 3 heteroatoms. The van der Waals surface area contributed by atoms with Crippen molar-refractivity contribution in [3.05, 3.63) is 53.6 Å². The lowest BCUT2D eigenvalue weighted by atomic mass is 10.0. The first-order valence-corrected chi connectivity index (χ1v) is 4.89. The highest BCUT2D eigenvalue weighted by molar-refractivity contribution is 5.68. The number of benzene rings is 2. The molecule has 0 amide bonds. The summed E-state index contributed by atoms with van der Waals surface area (Å²) in [6.07, 6.45) is 0. The molecule has 2 aromatic carbocycles. The largest absolute Gasteiger partial charge is 0.399 e. The van der Waals surface area contributed by atoms with Gasteiger partial charge >= 0.3 is 0 Å². The third-order valence-electron chi connectivity index (χ3n) is 2.41. The summed E-state index contributed by atoms with van der Waals surface area (Å²) in [6.45, 7) is 1.93. The van der Waals surface area contributed by atoms with E-state index >= 15 is 0 Å². The minimum absolute atomic E-state index is 0.192. The van der Waals surface area contributed by atoms with Crippen molar-refractivity contribution >= 4 is 5.69 Å². The fourth-order valence-corrected chi connectivity index (χ4v) is 1.55. The number of aryl methyl sites for hydroxylation is 1. The second-order valence-corrected chi connectivity index (χ2v) is 3.73. The van der Waals surface area contributed by atoms with E-state index < -0.39 is 11.6 Å². The Labute approximate surface area is 92.5 Å². The first kappa shape index (κ1) is 10.6. The molecule has 2 N–H and O–H groups in total. The van der Waals surface area contributed by atoms with Crippen LogP contribution >= 0.6 is 0 Å². The molecule has 0 atom stereocenters. The number of rotatable bonds is 1. The average Bonchev–Trinajstić information content (AvgIpc) is 2.25. The van der Waals surface area contributed by atoms with Gasteiger partial charge in [-0.3, -0.25) is 0 Å². The van der Waals surface area contributed by atoms with Crippen LogP contribution in [0.3, 0.4) is 0 Å². The number of hydrogen-bond acceptors (Lipinski definition) is 1. The molecular formula is C13H11F2N. The SMILES string of the molecule is Cc1ccc(-c2cc(N)cc(F)c2F)cc1. The van der Waals surface area contributed by atoms with Crippen LogP contribution in [-0.2, 0) is 0 Å². The maximum Gasteiger partial charge on any atom is 0.166 e. The van der Waals surface area contributed by atoms with Gasteiger partial charge in [0, 0.05) is 11.3 Å². The van der Waals surface area contributed by atoms with Crippen LogP contribution in [0.1, 0.15) is 5.56 Å². The number of nitrogen functional groups attached to an aromatic ring is 1. The van der Waals surface area contributed by atoms with E-state index in [9.17, 15) is 8.78 Å². The maximum absolute atomic E-state index is 13.5. The molecule has 0 saturated heterocycles. The van der Waals surface area contributed by atoms with Crippen LogP contribution in [0.5, 0.6) is 0 Å². The molecule has 0 bridgehead atoms. The summed E-state index contributed by atoms with van der Waals surface area (Å²) >= 11 is 0. The molecule has 0 aliphatic heterocycles. The van der Waals surface area contributed by atoms with Crippen LogP contribution in [-0.4, -0.2) is 0 Å². The summed E-state index contributed by atoms with van der Waals surface area (Å²) in [5.41, 5.74) is 7.58. The van der Waals surface area contributed by atoms with Gasteiger partial charge in [-0.2, -0.15) is 0 Å². The molecule has 1 nitrogen and oxygen atoms in total. The normalized spacial score (nSPS) is 10.4. The van der Waals surface area contributed by atoms with Crippen molar-refractivity contribution in [1.82, 2.24) is 0 Å². The van der Waals surface area contributed by atoms with E-state index in [-0.39, 0.29) is 11.3 Å². The first-order valence-electron chi connectivity index (χ1n) is 4.89. The van der Waals surface area contributed by atoms with E-state index in [4.69, 9.17) is 5.73 Å². The van der Waals surface area contributed by atoms with E-state index in [0.29, 0.717) is 5.56 Å². The molecule has 0 aliphatic carbocycles. The molecule has 0 saturated carbocycles. The van der Waals surface area contributed by atoms with Gasteiger partial charge in [-0.05, 0) is 24.6 Å². The standard InChI is InChI=1S/C13H11F2N/c1-8-2-4-9(5-3-8)11-6-10(16)7-12(14)13(11)15/h2-7H,16H2,1H3. The molecule has 2 aromatic rings. The van der Waals surface area contributed by atoms with Crippen molar-refractivity contribution in [3.63, 3.8) is 0 Å². The van der Waals surface area contributed by atoms with Gasteiger partial charge in [0.15, 0.2) is 11.6 Å². The van der Waals surface area contributed by atoms with Crippen molar-refractivity contribution in [2.75, 3.05) is 5.73 Å². The summed E-state index contributed by atoms with van der Waals surface area (Å²) in [7, 11) is 0. The van der Waals surface area contributed by atoms with Gasteiger partial charge in [0.25, 0.3) is 0 Å². The summed E-state index contributed by atoms with van der Waals surface area (Å²) in [6, 6.07) is 9.58. The van der Waals surface area contributed by atoms with Crippen LogP contribution < -0.4 is 5.73 Å². The topological polar surface area (TPSA) is 26.0 Å². The molecule has 2 rings (SSSR count). The summed E-state index contributed by atoms with van der Waals surface area (Å²) < 4.78 is 26.7. The predicted molar refractivity (Wildman–Crippen MR) is 60.9 cm³/mol. The molecule has 0 aromatic heterocycles. The quantitative estimate of drug-likeness (QED) is 0.729. The van der Waals surface area contributed by atoms with Crippen LogP contribution in [0.4, 0.5) is 14.5 Å². The Bertz CT molecular complexity index is 518. The monoisotopic (exact) mass is 219 g/mol. The van der Waals surface area contributed by atoms with Crippen molar-refractivity contribution in [2.45, 2.75) is 6.92 Å². The Morgan fingerprint density at radius 3 is 2.25 bits per heavy atom. The third kappa shape index (κ3) is 1.89. The lowest BCUT2D eigenvalue weighted by Gasteiger charge is -2.06. The van der Waals surface area contributed by atoms with Gasteiger partial charge < -0.3 is 5.73 Å². The number of anilines is 1. The molecule has 0 heterocycles. The Hall–Kier alpha value is -1.90. The Kier molecular flexibility index (Phi) is 2.60. The molecule has 0 unspecified atom stereocenters. The molecule has 16 heavy (non-hydrogen) atoms. The fourth-order valence-electron chi connectivity index (χ4n) is 1.55. The highest BCUT2D eigenvalue weighted by atomic mass is 19.2. The van der Waals surface area contributed by atoms with Crippen LogP contribution in [0.25, 0.3) is 11.1 Å². The minimum atomic E-state index is -0.921. The van der Waals surface area contributed by atoms with Crippen molar-refractivity contribution < 1.29 is 8.78 Å². The number of nitrogens with two attached hydrogens (primary N) is 1. The molecular weight excluding hydrogens is 208 g/mol. The lowest BCUT2D eigenvalue weighted by molar-refractivity contribution is 0.512. The second kappa shape index (κ2) is 3.93. The zero-order valence-electron chi connectivity index (χ0n) is 8.80. The summed E-state index contributed by atoms with van der Waals surface area (Å²) in [5, 5.41) is 0. The van der Waals surface area contributed by atoms with Crippen molar-refractivity contribution in [3.8, 4) is 11.1 Å². The molecule has 0 radical (unpaired) electrons. The maximum atomic E-state index is 13.5. The Morgan fingerprint density at radius 1 is 1.00 bits per heavy atom. The van der Waals surface area contributed by atoms with Crippen molar-refractivity contribution in [1.29, 1.82) is 0 Å². The number of hydrogen-bond donors (Lipinski definition) is 1. The predicted octanol–water partition coefficient (Wildman–Crippen LogP) is 3.52. The van der Waals surface area contributed by atoms with E-state index in [2.05, 4.69) is 0 Å². The van der Waals surface area contributed by atoms with E-state index in [0.717, 1.165) is 11.6 Å². The molecule has 0 aliphatic rings. The molecule has 82 valence electrons. The summed E-state index contributed by atoms with van der Waals surface area (Å²) in [5.74, 6) is -1.78. The van der Waals surface area contributed by atoms with Gasteiger partial charge in [0.1, 0.15) is 0 Å². The third-order valence-corrected chi connectivity index (χ3v) is 2.41. The van der Waals surface area contributed by atoms with Gasteiger partial charge in [-0.25, -0.2) is 8.78 Å². The second-order valence-electron chi connectivity index (χ2n) is 3.73.